The van der Waals surface area contributed by atoms with Gasteiger partial charge in [-0.2, -0.15) is 0 Å². The predicted octanol–water partition coefficient (Wildman–Crippen LogP) is 1.93. The first-order valence-electron chi connectivity index (χ1n) is 7.68. The number of hydrogen-bond acceptors (Lipinski definition) is 3. The number of nitrogens with one attached hydrogen (secondary N) is 1. The van der Waals surface area contributed by atoms with E-state index in [2.05, 4.69) is 43.1 Å². The van der Waals surface area contributed by atoms with E-state index in [0.717, 1.165) is 0 Å². The molecule has 1 aliphatic carbocycles. The molecule has 1 aliphatic heterocycles. The van der Waals surface area contributed by atoms with Crippen molar-refractivity contribution in [2.75, 3.05) is 33.7 Å². The zero-order valence-corrected chi connectivity index (χ0v) is 12.7. The van der Waals surface area contributed by atoms with Gasteiger partial charge in [0.1, 0.15) is 0 Å². The van der Waals surface area contributed by atoms with Gasteiger partial charge in [0.05, 0.1) is 0 Å². The molecule has 0 amide bonds. The molecule has 1 unspecified atom stereocenters. The van der Waals surface area contributed by atoms with Crippen LogP contribution in [0.25, 0.3) is 0 Å². The zero-order chi connectivity index (χ0) is 13.2. The van der Waals surface area contributed by atoms with E-state index in [-0.39, 0.29) is 0 Å². The highest BCUT2D eigenvalue weighted by molar-refractivity contribution is 4.96. The van der Waals surface area contributed by atoms with Crippen molar-refractivity contribution in [3.8, 4) is 0 Å². The Morgan fingerprint density at radius 1 is 1.28 bits per heavy atom. The summed E-state index contributed by atoms with van der Waals surface area (Å²) in [7, 11) is 4.50. The lowest BCUT2D eigenvalue weighted by atomic mass is 9.95. The lowest BCUT2D eigenvalue weighted by Gasteiger charge is -2.37. The maximum absolute atomic E-state index is 3.85. The third-order valence-electron chi connectivity index (χ3n) is 5.15. The summed E-state index contributed by atoms with van der Waals surface area (Å²) in [5, 5.41) is 3.85. The number of nitrogens with zero attached hydrogens (tertiary/aromatic N) is 2. The van der Waals surface area contributed by atoms with E-state index in [4.69, 9.17) is 0 Å². The Hall–Kier alpha value is -0.120. The molecule has 1 N–H and O–H groups in total. The topological polar surface area (TPSA) is 18.5 Å². The van der Waals surface area contributed by atoms with Gasteiger partial charge in [-0.25, -0.2) is 0 Å². The molecule has 2 fully saturated rings. The van der Waals surface area contributed by atoms with E-state index in [1.165, 1.54) is 51.7 Å². The van der Waals surface area contributed by atoms with Crippen LogP contribution in [0.5, 0.6) is 0 Å². The van der Waals surface area contributed by atoms with Crippen LogP contribution < -0.4 is 5.32 Å². The molecule has 2 rings (SSSR count). The van der Waals surface area contributed by atoms with E-state index in [0.29, 0.717) is 17.6 Å². The van der Waals surface area contributed by atoms with Gasteiger partial charge in [-0.1, -0.05) is 12.8 Å². The number of rotatable bonds is 5. The SMILES string of the molecule is CC(C)N1CCC(NCC2(N(C)C)CCCC2)C1. The van der Waals surface area contributed by atoms with Crippen LogP contribution in [0, 0.1) is 0 Å². The normalized spacial score (nSPS) is 28.7. The maximum Gasteiger partial charge on any atom is 0.0328 e. The Balaban J connectivity index is 1.81. The van der Waals surface area contributed by atoms with Crippen molar-refractivity contribution in [3.05, 3.63) is 0 Å². The Kier molecular flexibility index (Phi) is 4.68. The van der Waals surface area contributed by atoms with Crippen LogP contribution in [0.15, 0.2) is 0 Å². The highest BCUT2D eigenvalue weighted by Crippen LogP contribution is 2.33. The first-order chi connectivity index (χ1) is 8.53. The average molecular weight is 253 g/mol. The van der Waals surface area contributed by atoms with Crippen molar-refractivity contribution in [1.82, 2.24) is 15.1 Å². The van der Waals surface area contributed by atoms with Crippen LogP contribution in [0.2, 0.25) is 0 Å². The van der Waals surface area contributed by atoms with Crippen LogP contribution in [0.3, 0.4) is 0 Å². The molecule has 3 heteroatoms. The van der Waals surface area contributed by atoms with Crippen molar-refractivity contribution in [2.45, 2.75) is 63.6 Å². The van der Waals surface area contributed by atoms with E-state index in [1.54, 1.807) is 0 Å². The Morgan fingerprint density at radius 2 is 1.94 bits per heavy atom. The fourth-order valence-corrected chi connectivity index (χ4v) is 3.57. The van der Waals surface area contributed by atoms with Crippen LogP contribution in [0.1, 0.15) is 46.0 Å². The second-order valence-corrected chi connectivity index (χ2v) is 6.78. The predicted molar refractivity (Wildman–Crippen MR) is 78.0 cm³/mol. The summed E-state index contributed by atoms with van der Waals surface area (Å²) >= 11 is 0. The van der Waals surface area contributed by atoms with Gasteiger partial charge in [-0.3, -0.25) is 4.90 Å². The molecule has 0 radical (unpaired) electrons. The second kappa shape index (κ2) is 5.89. The monoisotopic (exact) mass is 253 g/mol. The summed E-state index contributed by atoms with van der Waals surface area (Å²) in [5.41, 5.74) is 0.436. The standard InChI is InChI=1S/C15H31N3/c1-13(2)18-10-7-14(11-18)16-12-15(17(3)4)8-5-6-9-15/h13-14,16H,5-12H2,1-4H3. The Labute approximate surface area is 113 Å². The lowest BCUT2D eigenvalue weighted by Crippen LogP contribution is -2.52. The largest absolute Gasteiger partial charge is 0.311 e. The van der Waals surface area contributed by atoms with Crippen molar-refractivity contribution >= 4 is 0 Å². The molecular formula is C15H31N3. The molecule has 1 atom stereocenters. The molecule has 1 saturated heterocycles. The van der Waals surface area contributed by atoms with Gasteiger partial charge in [0.2, 0.25) is 0 Å². The summed E-state index contributed by atoms with van der Waals surface area (Å²) in [6.45, 7) is 8.30. The number of hydrogen-bond donors (Lipinski definition) is 1. The molecular weight excluding hydrogens is 222 g/mol. The van der Waals surface area contributed by atoms with Crippen LogP contribution in [0.4, 0.5) is 0 Å². The Bertz CT molecular complexity index is 256. The Morgan fingerprint density at radius 3 is 2.44 bits per heavy atom. The average Bonchev–Trinajstić information content (AvgIpc) is 2.96. The van der Waals surface area contributed by atoms with E-state index in [9.17, 15) is 0 Å². The fourth-order valence-electron chi connectivity index (χ4n) is 3.57. The van der Waals surface area contributed by atoms with E-state index >= 15 is 0 Å². The molecule has 106 valence electrons. The van der Waals surface area contributed by atoms with Crippen LogP contribution in [-0.4, -0.2) is 61.2 Å². The molecule has 0 aromatic rings. The minimum atomic E-state index is 0.436. The first-order valence-corrected chi connectivity index (χ1v) is 7.68. The van der Waals surface area contributed by atoms with Crippen molar-refractivity contribution < 1.29 is 0 Å². The van der Waals surface area contributed by atoms with Gasteiger partial charge in [0.15, 0.2) is 0 Å². The molecule has 3 nitrogen and oxygen atoms in total. The minimum Gasteiger partial charge on any atom is -0.311 e. The quantitative estimate of drug-likeness (QED) is 0.808. The van der Waals surface area contributed by atoms with Gasteiger partial charge in [-0.05, 0) is 53.8 Å². The van der Waals surface area contributed by atoms with Crippen molar-refractivity contribution in [1.29, 1.82) is 0 Å². The van der Waals surface area contributed by atoms with Crippen LogP contribution in [-0.2, 0) is 0 Å². The lowest BCUT2D eigenvalue weighted by molar-refractivity contribution is 0.148. The van der Waals surface area contributed by atoms with Gasteiger partial charge < -0.3 is 10.2 Å². The summed E-state index contributed by atoms with van der Waals surface area (Å²) in [6.07, 6.45) is 6.87. The molecule has 2 aliphatic rings. The van der Waals surface area contributed by atoms with Gasteiger partial charge in [0, 0.05) is 30.7 Å². The van der Waals surface area contributed by atoms with Gasteiger partial charge in [0.25, 0.3) is 0 Å². The highest BCUT2D eigenvalue weighted by atomic mass is 15.2. The highest BCUT2D eigenvalue weighted by Gasteiger charge is 2.36. The molecule has 0 aromatic carbocycles. The van der Waals surface area contributed by atoms with Crippen molar-refractivity contribution in [3.63, 3.8) is 0 Å². The van der Waals surface area contributed by atoms with E-state index < -0.39 is 0 Å². The summed E-state index contributed by atoms with van der Waals surface area (Å²) in [5.74, 6) is 0. The second-order valence-electron chi connectivity index (χ2n) is 6.78. The fraction of sp³-hybridized carbons (Fsp3) is 1.00. The third kappa shape index (κ3) is 3.06. The molecule has 0 spiro atoms. The summed E-state index contributed by atoms with van der Waals surface area (Å²) in [6, 6.07) is 1.41. The smallest absolute Gasteiger partial charge is 0.0328 e. The zero-order valence-electron chi connectivity index (χ0n) is 12.7. The molecule has 18 heavy (non-hydrogen) atoms. The molecule has 1 saturated carbocycles. The molecule has 1 heterocycles. The third-order valence-corrected chi connectivity index (χ3v) is 5.15. The van der Waals surface area contributed by atoms with Crippen molar-refractivity contribution in [2.24, 2.45) is 0 Å². The number of likely N-dealkylation sites (tertiary alicyclic amines) is 1. The van der Waals surface area contributed by atoms with Gasteiger partial charge >= 0.3 is 0 Å². The van der Waals surface area contributed by atoms with Gasteiger partial charge in [-0.15, -0.1) is 0 Å². The maximum atomic E-state index is 3.85. The van der Waals surface area contributed by atoms with E-state index in [1.807, 2.05) is 0 Å². The summed E-state index contributed by atoms with van der Waals surface area (Å²) < 4.78 is 0. The minimum absolute atomic E-state index is 0.436. The molecule has 0 bridgehead atoms. The molecule has 0 aromatic heterocycles. The number of likely N-dealkylation sites (N-methyl/N-ethyl adjacent to an activating group) is 1. The first kappa shape index (κ1) is 14.3. The summed E-state index contributed by atoms with van der Waals surface area (Å²) in [4.78, 5) is 5.05. The van der Waals surface area contributed by atoms with Crippen LogP contribution >= 0.6 is 0 Å².